The Morgan fingerprint density at radius 1 is 0.216 bits per heavy atom. The average molecular weight is 1050 g/mol. The van der Waals surface area contributed by atoms with E-state index in [0.717, 1.165) is 64.2 Å². The highest BCUT2D eigenvalue weighted by Gasteiger charge is 2.19. The standard InChI is InChI=1S/C68H132O6/c1-4-7-10-13-15-17-19-21-23-25-27-29-31-33-35-36-38-40-42-44-46-48-50-52-55-58-61-67(70)73-64-65(63-72-66(69)60-57-54-12-9-6-3)74-68(71)62-59-56-53-51-49-47-45-43-41-39-37-34-32-30-28-26-24-22-20-18-16-14-11-8-5-2/h65H,4-64H2,1-3H3. The van der Waals surface area contributed by atoms with Gasteiger partial charge in [0.1, 0.15) is 13.2 Å². The van der Waals surface area contributed by atoms with Crippen molar-refractivity contribution in [2.24, 2.45) is 0 Å². The van der Waals surface area contributed by atoms with E-state index in [0.29, 0.717) is 19.3 Å². The SMILES string of the molecule is CCCCCCCCCCCCCCCCCCCCCCCCCCCCC(=O)OCC(COC(=O)CCCCCCC)OC(=O)CCCCCCCCCCCCCCCCCCCCCCCCCCC. The molecule has 0 spiro atoms. The number of carbonyl (C=O) groups is 3. The van der Waals surface area contributed by atoms with Gasteiger partial charge in [0.05, 0.1) is 0 Å². The molecule has 0 rings (SSSR count). The quantitative estimate of drug-likeness (QED) is 0.0343. The van der Waals surface area contributed by atoms with Crippen molar-refractivity contribution in [3.63, 3.8) is 0 Å². The van der Waals surface area contributed by atoms with Gasteiger partial charge in [0, 0.05) is 19.3 Å². The second kappa shape index (κ2) is 63.9. The highest BCUT2D eigenvalue weighted by molar-refractivity contribution is 5.71. The van der Waals surface area contributed by atoms with Crippen LogP contribution in [0.4, 0.5) is 0 Å². The van der Waals surface area contributed by atoms with E-state index >= 15 is 0 Å². The van der Waals surface area contributed by atoms with Gasteiger partial charge in [-0.05, 0) is 19.3 Å². The van der Waals surface area contributed by atoms with Crippen molar-refractivity contribution in [2.45, 2.75) is 406 Å². The molecule has 0 fully saturated rings. The van der Waals surface area contributed by atoms with Gasteiger partial charge in [-0.15, -0.1) is 0 Å². The van der Waals surface area contributed by atoms with Crippen molar-refractivity contribution in [1.29, 1.82) is 0 Å². The smallest absolute Gasteiger partial charge is 0.306 e. The third kappa shape index (κ3) is 61.3. The van der Waals surface area contributed by atoms with Crippen LogP contribution in [0.1, 0.15) is 400 Å². The predicted octanol–water partition coefficient (Wildman–Crippen LogP) is 23.1. The van der Waals surface area contributed by atoms with Crippen LogP contribution in [0.25, 0.3) is 0 Å². The molecule has 0 heterocycles. The first-order valence-electron chi connectivity index (χ1n) is 34.0. The van der Waals surface area contributed by atoms with Gasteiger partial charge in [-0.3, -0.25) is 14.4 Å². The van der Waals surface area contributed by atoms with Crippen molar-refractivity contribution in [3.8, 4) is 0 Å². The van der Waals surface area contributed by atoms with Gasteiger partial charge in [-0.2, -0.15) is 0 Å². The Hall–Kier alpha value is -1.59. The summed E-state index contributed by atoms with van der Waals surface area (Å²) in [6.45, 7) is 6.65. The largest absolute Gasteiger partial charge is 0.462 e. The summed E-state index contributed by atoms with van der Waals surface area (Å²) in [6.07, 6.45) is 74.8. The summed E-state index contributed by atoms with van der Waals surface area (Å²) in [4.78, 5) is 38.0. The van der Waals surface area contributed by atoms with Gasteiger partial charge in [-0.1, -0.05) is 361 Å². The lowest BCUT2D eigenvalue weighted by molar-refractivity contribution is -0.167. The number of carbonyl (C=O) groups excluding carboxylic acids is 3. The topological polar surface area (TPSA) is 78.9 Å². The van der Waals surface area contributed by atoms with E-state index in [4.69, 9.17) is 14.2 Å². The molecule has 0 bridgehead atoms. The molecule has 0 aliphatic heterocycles. The Labute approximate surface area is 463 Å². The van der Waals surface area contributed by atoms with E-state index in [-0.39, 0.29) is 31.1 Å². The summed E-state index contributed by atoms with van der Waals surface area (Å²) in [6, 6.07) is 0. The number of ether oxygens (including phenoxy) is 3. The molecular weight excluding hydrogens is 913 g/mol. The maximum absolute atomic E-state index is 12.8. The zero-order valence-corrected chi connectivity index (χ0v) is 50.7. The Morgan fingerprint density at radius 2 is 0.365 bits per heavy atom. The lowest BCUT2D eigenvalue weighted by Gasteiger charge is -2.18. The third-order valence-electron chi connectivity index (χ3n) is 15.9. The molecule has 0 N–H and O–H groups in total. The van der Waals surface area contributed by atoms with Crippen molar-refractivity contribution in [3.05, 3.63) is 0 Å². The normalized spacial score (nSPS) is 11.9. The maximum atomic E-state index is 12.8. The van der Waals surface area contributed by atoms with E-state index in [1.807, 2.05) is 0 Å². The lowest BCUT2D eigenvalue weighted by Crippen LogP contribution is -2.30. The molecule has 0 radical (unpaired) electrons. The van der Waals surface area contributed by atoms with Crippen LogP contribution in [0.2, 0.25) is 0 Å². The summed E-state index contributed by atoms with van der Waals surface area (Å²) in [7, 11) is 0. The molecule has 0 saturated carbocycles. The summed E-state index contributed by atoms with van der Waals surface area (Å²) in [5, 5.41) is 0. The van der Waals surface area contributed by atoms with Crippen LogP contribution in [0.3, 0.4) is 0 Å². The lowest BCUT2D eigenvalue weighted by atomic mass is 10.0. The van der Waals surface area contributed by atoms with Gasteiger partial charge in [0.2, 0.25) is 0 Å². The van der Waals surface area contributed by atoms with Crippen LogP contribution in [-0.4, -0.2) is 37.2 Å². The Morgan fingerprint density at radius 3 is 0.541 bits per heavy atom. The van der Waals surface area contributed by atoms with Crippen LogP contribution < -0.4 is 0 Å². The summed E-state index contributed by atoms with van der Waals surface area (Å²) < 4.78 is 16.8. The number of hydrogen-bond acceptors (Lipinski definition) is 6. The first-order valence-corrected chi connectivity index (χ1v) is 34.0. The maximum Gasteiger partial charge on any atom is 0.306 e. The minimum Gasteiger partial charge on any atom is -0.462 e. The van der Waals surface area contributed by atoms with Crippen LogP contribution in [-0.2, 0) is 28.6 Å². The number of esters is 3. The highest BCUT2D eigenvalue weighted by atomic mass is 16.6. The summed E-state index contributed by atoms with van der Waals surface area (Å²) in [5.74, 6) is -0.844. The molecule has 0 aromatic carbocycles. The molecule has 0 aromatic heterocycles. The Bertz CT molecular complexity index is 1110. The van der Waals surface area contributed by atoms with Crippen LogP contribution in [0.5, 0.6) is 0 Å². The molecule has 0 aliphatic carbocycles. The van der Waals surface area contributed by atoms with E-state index < -0.39 is 6.10 Å². The van der Waals surface area contributed by atoms with Crippen molar-refractivity contribution >= 4 is 17.9 Å². The molecule has 0 saturated heterocycles. The molecular formula is C68H132O6. The minimum atomic E-state index is -0.761. The fourth-order valence-corrected chi connectivity index (χ4v) is 10.7. The molecule has 0 aliphatic rings. The van der Waals surface area contributed by atoms with E-state index in [1.165, 1.54) is 295 Å². The molecule has 6 nitrogen and oxygen atoms in total. The van der Waals surface area contributed by atoms with Crippen LogP contribution >= 0.6 is 0 Å². The van der Waals surface area contributed by atoms with Crippen molar-refractivity contribution in [1.82, 2.24) is 0 Å². The van der Waals surface area contributed by atoms with E-state index in [2.05, 4.69) is 20.8 Å². The number of rotatable bonds is 64. The molecule has 1 unspecified atom stereocenters. The van der Waals surface area contributed by atoms with Crippen LogP contribution in [0.15, 0.2) is 0 Å². The predicted molar refractivity (Wildman–Crippen MR) is 321 cm³/mol. The van der Waals surface area contributed by atoms with Gasteiger partial charge in [0.25, 0.3) is 0 Å². The molecule has 1 atom stereocenters. The van der Waals surface area contributed by atoms with Gasteiger partial charge < -0.3 is 14.2 Å². The zero-order chi connectivity index (χ0) is 53.6. The molecule has 0 amide bonds. The molecule has 0 aromatic rings. The first-order chi connectivity index (χ1) is 36.5. The zero-order valence-electron chi connectivity index (χ0n) is 50.7. The fourth-order valence-electron chi connectivity index (χ4n) is 10.7. The van der Waals surface area contributed by atoms with Gasteiger partial charge in [0.15, 0.2) is 6.10 Å². The minimum absolute atomic E-state index is 0.0622. The molecule has 6 heteroatoms. The first kappa shape index (κ1) is 72.4. The Kier molecular flexibility index (Phi) is 62.6. The summed E-state index contributed by atoms with van der Waals surface area (Å²) >= 11 is 0. The Balaban J connectivity index is 3.92. The highest BCUT2D eigenvalue weighted by Crippen LogP contribution is 2.19. The number of hydrogen-bond donors (Lipinski definition) is 0. The van der Waals surface area contributed by atoms with E-state index in [1.54, 1.807) is 0 Å². The van der Waals surface area contributed by atoms with Gasteiger partial charge >= 0.3 is 17.9 Å². The monoisotopic (exact) mass is 1050 g/mol. The summed E-state index contributed by atoms with van der Waals surface area (Å²) in [5.41, 5.74) is 0. The third-order valence-corrected chi connectivity index (χ3v) is 15.9. The van der Waals surface area contributed by atoms with Crippen LogP contribution in [0, 0.1) is 0 Å². The average Bonchev–Trinajstić information content (AvgIpc) is 3.40. The number of unbranched alkanes of at least 4 members (excludes halogenated alkanes) is 53. The second-order valence-electron chi connectivity index (χ2n) is 23.5. The second-order valence-corrected chi connectivity index (χ2v) is 23.5. The van der Waals surface area contributed by atoms with Crippen molar-refractivity contribution < 1.29 is 28.6 Å². The fraction of sp³-hybridized carbons (Fsp3) is 0.956. The molecule has 74 heavy (non-hydrogen) atoms. The van der Waals surface area contributed by atoms with E-state index in [9.17, 15) is 14.4 Å². The van der Waals surface area contributed by atoms with Crippen molar-refractivity contribution in [2.75, 3.05) is 13.2 Å². The van der Waals surface area contributed by atoms with Gasteiger partial charge in [-0.25, -0.2) is 0 Å². The molecule has 440 valence electrons.